The van der Waals surface area contributed by atoms with Gasteiger partial charge in [-0.25, -0.2) is 0 Å². The summed E-state index contributed by atoms with van der Waals surface area (Å²) >= 11 is 6.32. The minimum absolute atomic E-state index is 0.0194. The molecule has 5 heteroatoms. The Kier molecular flexibility index (Phi) is 5.33. The molecule has 2 rings (SSSR count). The molecule has 0 amide bonds. The maximum atomic E-state index is 8.85. The van der Waals surface area contributed by atoms with Crippen molar-refractivity contribution in [2.75, 3.05) is 20.3 Å². The van der Waals surface area contributed by atoms with Crippen molar-refractivity contribution in [3.05, 3.63) is 22.7 Å². The average molecular weight is 309 g/mol. The molecule has 0 bridgehead atoms. The summed E-state index contributed by atoms with van der Waals surface area (Å²) < 4.78 is 11.3. The van der Waals surface area contributed by atoms with Crippen molar-refractivity contribution < 1.29 is 9.47 Å². The van der Waals surface area contributed by atoms with Crippen molar-refractivity contribution in [3.8, 4) is 17.6 Å². The smallest absolute Gasteiger partial charge is 0.179 e. The molecule has 0 heterocycles. The molecule has 1 N–H and O–H groups in total. The summed E-state index contributed by atoms with van der Waals surface area (Å²) in [7, 11) is 1.61. The molecular weight excluding hydrogens is 288 g/mol. The third kappa shape index (κ3) is 4.03. The zero-order chi connectivity index (χ0) is 15.3. The van der Waals surface area contributed by atoms with E-state index < -0.39 is 0 Å². The highest BCUT2D eigenvalue weighted by Gasteiger charge is 2.43. The van der Waals surface area contributed by atoms with Crippen molar-refractivity contribution in [1.29, 1.82) is 5.26 Å². The predicted octanol–water partition coefficient (Wildman–Crippen LogP) is 3.53. The molecule has 1 fully saturated rings. The third-order valence-electron chi connectivity index (χ3n) is 3.80. The first-order valence-electron chi connectivity index (χ1n) is 7.21. The molecule has 21 heavy (non-hydrogen) atoms. The molecule has 0 aliphatic heterocycles. The minimum Gasteiger partial charge on any atom is -0.493 e. The van der Waals surface area contributed by atoms with E-state index in [2.05, 4.69) is 18.3 Å². The van der Waals surface area contributed by atoms with E-state index in [0.29, 0.717) is 29.5 Å². The van der Waals surface area contributed by atoms with E-state index in [1.165, 1.54) is 0 Å². The molecule has 0 unspecified atom stereocenters. The number of nitriles is 1. The highest BCUT2D eigenvalue weighted by Crippen LogP contribution is 2.49. The summed E-state index contributed by atoms with van der Waals surface area (Å²) in [5, 5.41) is 12.7. The Labute approximate surface area is 131 Å². The van der Waals surface area contributed by atoms with Crippen LogP contribution in [0.25, 0.3) is 0 Å². The van der Waals surface area contributed by atoms with Gasteiger partial charge in [0.25, 0.3) is 0 Å². The van der Waals surface area contributed by atoms with E-state index in [1.54, 1.807) is 7.11 Å². The lowest BCUT2D eigenvalue weighted by molar-refractivity contribution is 0.227. The fraction of sp³-hybridized carbons (Fsp3) is 0.562. The summed E-state index contributed by atoms with van der Waals surface area (Å²) in [6, 6.07) is 6.06. The van der Waals surface area contributed by atoms with Gasteiger partial charge in [0.2, 0.25) is 0 Å². The summed E-state index contributed by atoms with van der Waals surface area (Å²) in [4.78, 5) is 0. The van der Waals surface area contributed by atoms with E-state index in [0.717, 1.165) is 31.5 Å². The van der Waals surface area contributed by atoms with Crippen LogP contribution in [-0.4, -0.2) is 20.3 Å². The fourth-order valence-corrected chi connectivity index (χ4v) is 2.51. The highest BCUT2D eigenvalue weighted by molar-refractivity contribution is 6.32. The van der Waals surface area contributed by atoms with Gasteiger partial charge >= 0.3 is 0 Å². The first-order chi connectivity index (χ1) is 10.1. The summed E-state index contributed by atoms with van der Waals surface area (Å²) in [6.45, 7) is 4.21. The lowest BCUT2D eigenvalue weighted by Gasteiger charge is -2.17. The van der Waals surface area contributed by atoms with Crippen LogP contribution in [0.5, 0.6) is 11.5 Å². The van der Waals surface area contributed by atoms with Crippen LogP contribution < -0.4 is 14.8 Å². The third-order valence-corrected chi connectivity index (χ3v) is 4.08. The molecule has 0 saturated heterocycles. The lowest BCUT2D eigenvalue weighted by Crippen LogP contribution is -2.14. The van der Waals surface area contributed by atoms with E-state index >= 15 is 0 Å². The summed E-state index contributed by atoms with van der Waals surface area (Å²) in [5.41, 5.74) is 1.08. The number of benzene rings is 1. The second kappa shape index (κ2) is 7.02. The van der Waals surface area contributed by atoms with E-state index in [-0.39, 0.29) is 5.41 Å². The monoisotopic (exact) mass is 308 g/mol. The van der Waals surface area contributed by atoms with E-state index in [9.17, 15) is 0 Å². The van der Waals surface area contributed by atoms with Gasteiger partial charge in [-0.15, -0.1) is 0 Å². The molecule has 0 radical (unpaired) electrons. The largest absolute Gasteiger partial charge is 0.493 e. The predicted molar refractivity (Wildman–Crippen MR) is 82.8 cm³/mol. The minimum atomic E-state index is 0.0194. The molecule has 1 saturated carbocycles. The van der Waals surface area contributed by atoms with Gasteiger partial charge in [-0.05, 0) is 37.1 Å². The zero-order valence-corrected chi connectivity index (χ0v) is 13.3. The Hall–Kier alpha value is -1.44. The fourth-order valence-electron chi connectivity index (χ4n) is 2.23. The molecule has 0 atom stereocenters. The average Bonchev–Trinajstić information content (AvgIpc) is 3.23. The number of hydrogen-bond acceptors (Lipinski definition) is 4. The molecule has 0 aromatic heterocycles. The lowest BCUT2D eigenvalue weighted by atomic mass is 10.1. The molecular formula is C16H21ClN2O2. The Morgan fingerprint density at radius 2 is 2.19 bits per heavy atom. The molecule has 4 nitrogen and oxygen atoms in total. The second-order valence-electron chi connectivity index (χ2n) is 5.51. The molecule has 1 aliphatic carbocycles. The number of nitrogens with zero attached hydrogens (tertiary/aromatic N) is 1. The van der Waals surface area contributed by atoms with Crippen LogP contribution in [0, 0.1) is 16.7 Å². The Balaban J connectivity index is 2.10. The number of methoxy groups -OCH3 is 1. The van der Waals surface area contributed by atoms with Gasteiger partial charge in [-0.1, -0.05) is 18.5 Å². The van der Waals surface area contributed by atoms with Crippen LogP contribution in [0.1, 0.15) is 31.7 Å². The van der Waals surface area contributed by atoms with Gasteiger partial charge in [-0.3, -0.25) is 0 Å². The maximum Gasteiger partial charge on any atom is 0.179 e. The van der Waals surface area contributed by atoms with Crippen molar-refractivity contribution in [2.24, 2.45) is 5.41 Å². The van der Waals surface area contributed by atoms with Crippen LogP contribution in [-0.2, 0) is 6.54 Å². The van der Waals surface area contributed by atoms with Crippen LogP contribution in [0.2, 0.25) is 5.02 Å². The molecule has 1 aliphatic rings. The topological polar surface area (TPSA) is 54.3 Å². The number of nitrogens with one attached hydrogen (secondary N) is 1. The molecule has 1 aromatic carbocycles. The SMILES string of the molecule is CCNCc1cc(Cl)c(OCC2(CC#N)CC2)c(OC)c1. The second-order valence-corrected chi connectivity index (χ2v) is 5.92. The van der Waals surface area contributed by atoms with Crippen molar-refractivity contribution in [2.45, 2.75) is 32.7 Å². The van der Waals surface area contributed by atoms with Gasteiger partial charge in [0.1, 0.15) is 0 Å². The van der Waals surface area contributed by atoms with Gasteiger partial charge in [-0.2, -0.15) is 5.26 Å². The Bertz CT molecular complexity index is 536. The zero-order valence-electron chi connectivity index (χ0n) is 12.5. The first kappa shape index (κ1) is 15.9. The molecule has 1 aromatic rings. The quantitative estimate of drug-likeness (QED) is 0.798. The first-order valence-corrected chi connectivity index (χ1v) is 7.59. The Morgan fingerprint density at radius 1 is 1.43 bits per heavy atom. The standard InChI is InChI=1S/C16H21ClN2O2/c1-3-19-10-12-8-13(17)15(14(9-12)20-2)21-11-16(4-5-16)6-7-18/h8-9,19H,3-6,10-11H2,1-2H3. The number of rotatable bonds is 8. The normalized spacial score (nSPS) is 15.3. The number of hydrogen-bond donors (Lipinski definition) is 1. The summed E-state index contributed by atoms with van der Waals surface area (Å²) in [6.07, 6.45) is 2.61. The van der Waals surface area contributed by atoms with Gasteiger partial charge in [0.15, 0.2) is 11.5 Å². The van der Waals surface area contributed by atoms with E-state index in [4.69, 9.17) is 26.3 Å². The van der Waals surface area contributed by atoms with Gasteiger partial charge in [0.05, 0.1) is 24.8 Å². The van der Waals surface area contributed by atoms with Gasteiger partial charge < -0.3 is 14.8 Å². The van der Waals surface area contributed by atoms with Crippen molar-refractivity contribution >= 4 is 11.6 Å². The molecule has 114 valence electrons. The molecule has 0 spiro atoms. The van der Waals surface area contributed by atoms with Crippen molar-refractivity contribution in [3.63, 3.8) is 0 Å². The van der Waals surface area contributed by atoms with Crippen molar-refractivity contribution in [1.82, 2.24) is 5.32 Å². The van der Waals surface area contributed by atoms with Crippen LogP contribution in [0.15, 0.2) is 12.1 Å². The summed E-state index contributed by atoms with van der Waals surface area (Å²) in [5.74, 6) is 1.21. The van der Waals surface area contributed by atoms with Crippen LogP contribution in [0.3, 0.4) is 0 Å². The Morgan fingerprint density at radius 3 is 2.76 bits per heavy atom. The van der Waals surface area contributed by atoms with E-state index in [1.807, 2.05) is 12.1 Å². The number of halogens is 1. The van der Waals surface area contributed by atoms with Crippen LogP contribution in [0.4, 0.5) is 0 Å². The van der Waals surface area contributed by atoms with Crippen LogP contribution >= 0.6 is 11.6 Å². The highest BCUT2D eigenvalue weighted by atomic mass is 35.5. The maximum absolute atomic E-state index is 8.85. The number of ether oxygens (including phenoxy) is 2. The van der Waals surface area contributed by atoms with Gasteiger partial charge in [0, 0.05) is 18.4 Å².